The molecule has 7 nitrogen and oxygen atoms in total. The van der Waals surface area contributed by atoms with Crippen molar-refractivity contribution >= 4 is 45.4 Å². The first-order chi connectivity index (χ1) is 16.2. The van der Waals surface area contributed by atoms with Crippen molar-refractivity contribution in [3.63, 3.8) is 0 Å². The molecule has 34 heavy (non-hydrogen) atoms. The molecule has 4 rings (SSSR count). The highest BCUT2D eigenvalue weighted by Crippen LogP contribution is 2.35. The summed E-state index contributed by atoms with van der Waals surface area (Å²) < 4.78 is 11.2. The topological polar surface area (TPSA) is 113 Å². The van der Waals surface area contributed by atoms with Crippen LogP contribution >= 0.6 is 11.6 Å². The van der Waals surface area contributed by atoms with Crippen LogP contribution in [0.25, 0.3) is 33.1 Å². The summed E-state index contributed by atoms with van der Waals surface area (Å²) in [5.74, 6) is -2.26. The zero-order chi connectivity index (χ0) is 24.6. The van der Waals surface area contributed by atoms with Crippen LogP contribution in [0.4, 0.5) is 0 Å². The Hall–Kier alpha value is -3.58. The minimum Gasteiger partial charge on any atom is -0.548 e. The van der Waals surface area contributed by atoms with Gasteiger partial charge in [-0.1, -0.05) is 44.0 Å². The number of carbonyl (C=O) groups is 2. The number of carboxylic acid groups (broad SMARTS) is 1. The second kappa shape index (κ2) is 9.35. The van der Waals surface area contributed by atoms with E-state index in [9.17, 15) is 19.5 Å². The van der Waals surface area contributed by atoms with E-state index < -0.39 is 23.5 Å². The lowest BCUT2D eigenvalue weighted by Gasteiger charge is -2.25. The van der Waals surface area contributed by atoms with E-state index in [1.54, 1.807) is 38.3 Å². The van der Waals surface area contributed by atoms with Crippen molar-refractivity contribution in [2.75, 3.05) is 0 Å². The van der Waals surface area contributed by atoms with Crippen LogP contribution in [0.1, 0.15) is 31.4 Å². The Kier molecular flexibility index (Phi) is 6.48. The van der Waals surface area contributed by atoms with Crippen LogP contribution in [-0.4, -0.2) is 17.9 Å². The van der Waals surface area contributed by atoms with Crippen molar-refractivity contribution in [1.29, 1.82) is 0 Å². The van der Waals surface area contributed by atoms with Gasteiger partial charge in [0.25, 0.3) is 0 Å². The third-order valence-corrected chi connectivity index (χ3v) is 6.51. The Morgan fingerprint density at radius 2 is 1.82 bits per heavy atom. The van der Waals surface area contributed by atoms with E-state index in [1.165, 1.54) is 0 Å². The van der Waals surface area contributed by atoms with Gasteiger partial charge in [-0.15, -0.1) is 0 Å². The lowest BCUT2D eigenvalue weighted by molar-refractivity contribution is -0.309. The second-order valence-electron chi connectivity index (χ2n) is 8.42. The van der Waals surface area contributed by atoms with Gasteiger partial charge in [0.1, 0.15) is 11.2 Å². The fraction of sp³-hybridized carbons (Fsp3) is 0.269. The number of carbonyl (C=O) groups excluding carboxylic acids is 2. The van der Waals surface area contributed by atoms with Crippen molar-refractivity contribution in [3.8, 4) is 11.1 Å². The number of benzene rings is 2. The van der Waals surface area contributed by atoms with Gasteiger partial charge in [-0.3, -0.25) is 4.79 Å². The number of halogens is 1. The zero-order valence-corrected chi connectivity index (χ0v) is 19.7. The monoisotopic (exact) mass is 480 g/mol. The smallest absolute Gasteiger partial charge is 0.340 e. The molecular weight excluding hydrogens is 458 g/mol. The highest BCUT2D eigenvalue weighted by atomic mass is 35.5. The molecule has 0 aliphatic rings. The Labute approximate surface area is 200 Å². The number of aryl methyl sites for hydroxylation is 1. The van der Waals surface area contributed by atoms with Gasteiger partial charge < -0.3 is 24.1 Å². The van der Waals surface area contributed by atoms with Crippen LogP contribution in [0.2, 0.25) is 5.02 Å². The molecule has 0 unspecified atom stereocenters. The molecular formula is C26H23ClNO6-. The fourth-order valence-corrected chi connectivity index (χ4v) is 4.15. The van der Waals surface area contributed by atoms with E-state index in [0.717, 1.165) is 16.5 Å². The van der Waals surface area contributed by atoms with Gasteiger partial charge in [-0.2, -0.15) is 0 Å². The molecule has 0 fully saturated rings. The van der Waals surface area contributed by atoms with E-state index in [0.29, 0.717) is 33.6 Å². The summed E-state index contributed by atoms with van der Waals surface area (Å²) in [5.41, 5.74) is 2.75. The molecule has 0 radical (unpaired) electrons. The largest absolute Gasteiger partial charge is 0.548 e. The SMILES string of the molecule is CC[C@@H](C)[C@H](NC(=O)Cc1c(C)c2cc3c(-c4ccc(Cl)cc4)coc3cc2oc1=O)C(=O)[O-]. The molecule has 0 saturated heterocycles. The third-order valence-electron chi connectivity index (χ3n) is 6.26. The lowest BCUT2D eigenvalue weighted by atomic mass is 9.97. The second-order valence-corrected chi connectivity index (χ2v) is 8.86. The van der Waals surface area contributed by atoms with Crippen LogP contribution in [-0.2, 0) is 16.0 Å². The molecule has 2 aromatic heterocycles. The van der Waals surface area contributed by atoms with E-state index in [2.05, 4.69) is 5.32 Å². The summed E-state index contributed by atoms with van der Waals surface area (Å²) >= 11 is 6.00. The van der Waals surface area contributed by atoms with Crippen LogP contribution in [0.3, 0.4) is 0 Å². The number of nitrogens with one attached hydrogen (secondary N) is 1. The standard InChI is InChI=1S/C26H24ClNO6/c1-4-13(2)24(25(30)31)28-23(29)10-18-14(3)17-9-19-20(15-5-7-16(27)8-6-15)12-33-21(19)11-22(17)34-26(18)32/h5-9,11-13,24H,4,10H2,1-3H3,(H,28,29)(H,30,31)/p-1/t13-,24+/m1/s1. The van der Waals surface area contributed by atoms with Gasteiger partial charge in [0.15, 0.2) is 0 Å². The summed E-state index contributed by atoms with van der Waals surface area (Å²) in [7, 11) is 0. The molecule has 8 heteroatoms. The molecule has 0 aliphatic heterocycles. The Morgan fingerprint density at radius 3 is 2.47 bits per heavy atom. The molecule has 2 heterocycles. The van der Waals surface area contributed by atoms with Crippen LogP contribution < -0.4 is 16.0 Å². The summed E-state index contributed by atoms with van der Waals surface area (Å²) in [6, 6.07) is 9.72. The Balaban J connectivity index is 1.74. The Morgan fingerprint density at radius 1 is 1.12 bits per heavy atom. The number of hydrogen-bond acceptors (Lipinski definition) is 6. The van der Waals surface area contributed by atoms with Crippen molar-refractivity contribution in [3.05, 3.63) is 69.2 Å². The predicted molar refractivity (Wildman–Crippen MR) is 128 cm³/mol. The summed E-state index contributed by atoms with van der Waals surface area (Å²) in [5, 5.41) is 16.0. The fourth-order valence-electron chi connectivity index (χ4n) is 4.02. The van der Waals surface area contributed by atoms with Gasteiger partial charge in [0, 0.05) is 27.4 Å². The summed E-state index contributed by atoms with van der Waals surface area (Å²) in [6.07, 6.45) is 1.87. The normalized spacial score (nSPS) is 13.2. The number of furan rings is 1. The van der Waals surface area contributed by atoms with E-state index in [-0.39, 0.29) is 17.9 Å². The van der Waals surface area contributed by atoms with Gasteiger partial charge in [0.2, 0.25) is 5.91 Å². The van der Waals surface area contributed by atoms with Gasteiger partial charge >= 0.3 is 5.63 Å². The first kappa shape index (κ1) is 23.6. The average Bonchev–Trinajstić information content (AvgIpc) is 3.21. The molecule has 1 N–H and O–H groups in total. The molecule has 176 valence electrons. The van der Waals surface area contributed by atoms with E-state index in [1.807, 2.05) is 25.1 Å². The van der Waals surface area contributed by atoms with Crippen LogP contribution in [0, 0.1) is 12.8 Å². The third kappa shape index (κ3) is 4.43. The highest BCUT2D eigenvalue weighted by molar-refractivity contribution is 6.30. The van der Waals surface area contributed by atoms with Gasteiger partial charge in [0.05, 0.1) is 30.3 Å². The maximum atomic E-state index is 12.7. The number of amides is 1. The summed E-state index contributed by atoms with van der Waals surface area (Å²) in [6.45, 7) is 5.27. The van der Waals surface area contributed by atoms with E-state index in [4.69, 9.17) is 20.4 Å². The number of hydrogen-bond donors (Lipinski definition) is 1. The maximum Gasteiger partial charge on any atom is 0.340 e. The number of fused-ring (bicyclic) bond motifs is 2. The molecule has 0 bridgehead atoms. The first-order valence-electron chi connectivity index (χ1n) is 10.9. The molecule has 0 spiro atoms. The van der Waals surface area contributed by atoms with Crippen molar-refractivity contribution in [2.24, 2.45) is 5.92 Å². The minimum absolute atomic E-state index is 0.169. The molecule has 1 amide bonds. The summed E-state index contributed by atoms with van der Waals surface area (Å²) in [4.78, 5) is 36.7. The first-order valence-corrected chi connectivity index (χ1v) is 11.3. The maximum absolute atomic E-state index is 12.7. The molecule has 0 aliphatic carbocycles. The van der Waals surface area contributed by atoms with Crippen molar-refractivity contribution < 1.29 is 23.5 Å². The van der Waals surface area contributed by atoms with Crippen LogP contribution in [0.15, 0.2) is 56.3 Å². The van der Waals surface area contributed by atoms with Gasteiger partial charge in [-0.05, 0) is 42.2 Å². The molecule has 0 saturated carbocycles. The van der Waals surface area contributed by atoms with Crippen molar-refractivity contribution in [2.45, 2.75) is 39.7 Å². The van der Waals surface area contributed by atoms with Crippen LogP contribution in [0.5, 0.6) is 0 Å². The number of rotatable bonds is 7. The molecule has 4 aromatic rings. The number of aliphatic carboxylic acids is 1. The average molecular weight is 481 g/mol. The Bertz CT molecular complexity index is 1450. The molecule has 2 aromatic carbocycles. The number of carboxylic acids is 1. The predicted octanol–water partition coefficient (Wildman–Crippen LogP) is 3.99. The van der Waals surface area contributed by atoms with E-state index >= 15 is 0 Å². The van der Waals surface area contributed by atoms with Gasteiger partial charge in [-0.25, -0.2) is 4.79 Å². The quantitative estimate of drug-likeness (QED) is 0.400. The van der Waals surface area contributed by atoms with Crippen molar-refractivity contribution in [1.82, 2.24) is 5.32 Å². The zero-order valence-electron chi connectivity index (χ0n) is 18.9. The highest BCUT2D eigenvalue weighted by Gasteiger charge is 2.22. The lowest BCUT2D eigenvalue weighted by Crippen LogP contribution is -2.51. The molecule has 2 atom stereocenters. The minimum atomic E-state index is -1.36.